The number of carbonyl (C=O) groups is 1. The van der Waals surface area contributed by atoms with Gasteiger partial charge in [0, 0.05) is 11.3 Å². The smallest absolute Gasteiger partial charge is 0.253 e. The lowest BCUT2D eigenvalue weighted by Gasteiger charge is -2.19. The fourth-order valence-electron chi connectivity index (χ4n) is 3.10. The molecule has 1 amide bonds. The molecular weight excluding hydrogens is 360 g/mol. The molecular formula is C21H20N2O3S. The number of furan rings is 2. The zero-order chi connectivity index (χ0) is 18.8. The van der Waals surface area contributed by atoms with Gasteiger partial charge < -0.3 is 8.83 Å². The summed E-state index contributed by atoms with van der Waals surface area (Å²) in [5.41, 5.74) is 3.11. The lowest BCUT2D eigenvalue weighted by atomic mass is 10.1. The number of hydrazone groups is 1. The molecule has 1 aliphatic heterocycles. The maximum absolute atomic E-state index is 13.0. The molecule has 2 aromatic heterocycles. The van der Waals surface area contributed by atoms with Crippen molar-refractivity contribution < 1.29 is 13.6 Å². The third kappa shape index (κ3) is 3.71. The molecule has 0 saturated carbocycles. The van der Waals surface area contributed by atoms with E-state index in [1.54, 1.807) is 12.5 Å². The third-order valence-electron chi connectivity index (χ3n) is 4.54. The average Bonchev–Trinajstić information content (AvgIpc) is 3.40. The van der Waals surface area contributed by atoms with Crippen molar-refractivity contribution in [3.05, 3.63) is 77.6 Å². The Bertz CT molecular complexity index is 961. The van der Waals surface area contributed by atoms with Crippen LogP contribution in [0, 0.1) is 13.8 Å². The highest BCUT2D eigenvalue weighted by molar-refractivity contribution is 8.00. The zero-order valence-electron chi connectivity index (χ0n) is 15.2. The van der Waals surface area contributed by atoms with Crippen LogP contribution < -0.4 is 0 Å². The van der Waals surface area contributed by atoms with Gasteiger partial charge in [0.25, 0.3) is 5.91 Å². The lowest BCUT2D eigenvalue weighted by molar-refractivity contribution is -0.130. The minimum Gasteiger partial charge on any atom is -0.467 e. The van der Waals surface area contributed by atoms with Crippen LogP contribution in [0.2, 0.25) is 0 Å². The van der Waals surface area contributed by atoms with Crippen molar-refractivity contribution >= 4 is 23.4 Å². The Labute approximate surface area is 162 Å². The molecule has 0 N–H and O–H groups in total. The highest BCUT2D eigenvalue weighted by atomic mass is 32.2. The minimum absolute atomic E-state index is 0.0520. The van der Waals surface area contributed by atoms with Gasteiger partial charge in [0.05, 0.1) is 18.3 Å². The number of rotatable bonds is 5. The van der Waals surface area contributed by atoms with E-state index in [0.717, 1.165) is 16.4 Å². The second-order valence-corrected chi connectivity index (χ2v) is 7.57. The highest BCUT2D eigenvalue weighted by Crippen LogP contribution is 2.34. The van der Waals surface area contributed by atoms with E-state index in [1.807, 2.05) is 24.3 Å². The average molecular weight is 380 g/mol. The van der Waals surface area contributed by atoms with Gasteiger partial charge in [0.15, 0.2) is 0 Å². The summed E-state index contributed by atoms with van der Waals surface area (Å²) in [6, 6.07) is 13.4. The number of nitrogens with zero attached hydrogens (tertiary/aromatic N) is 2. The zero-order valence-corrected chi connectivity index (χ0v) is 16.0. The van der Waals surface area contributed by atoms with Crippen LogP contribution in [0.1, 0.15) is 35.1 Å². The molecule has 1 aliphatic rings. The maximum atomic E-state index is 13.0. The number of thioether (sulfide) groups is 1. The van der Waals surface area contributed by atoms with Crippen molar-refractivity contribution in [3.8, 4) is 0 Å². The standard InChI is InChI=1S/C21H20N2O3S/c1-14-7-8-15(2)20(11-14)27-13-21(24)23-17(19-6-4-10-26-19)12-16(22-23)18-5-3-9-25-18/h3-11,17H,12-13H2,1-2H3. The number of aryl methyl sites for hydroxylation is 2. The van der Waals surface area contributed by atoms with Crippen LogP contribution in [-0.4, -0.2) is 22.4 Å². The molecule has 1 unspecified atom stereocenters. The van der Waals surface area contributed by atoms with Crippen LogP contribution in [-0.2, 0) is 4.79 Å². The molecule has 138 valence electrons. The van der Waals surface area contributed by atoms with Gasteiger partial charge in [-0.2, -0.15) is 5.10 Å². The Hall–Kier alpha value is -2.73. The Morgan fingerprint density at radius 3 is 2.74 bits per heavy atom. The number of carbonyl (C=O) groups excluding carboxylic acids is 1. The van der Waals surface area contributed by atoms with E-state index in [0.29, 0.717) is 17.9 Å². The van der Waals surface area contributed by atoms with E-state index in [9.17, 15) is 4.79 Å². The van der Waals surface area contributed by atoms with Crippen LogP contribution in [0.15, 0.2) is 73.8 Å². The third-order valence-corrected chi connectivity index (χ3v) is 5.68. The maximum Gasteiger partial charge on any atom is 0.253 e. The van der Waals surface area contributed by atoms with Gasteiger partial charge in [-0.1, -0.05) is 17.7 Å². The first-order chi connectivity index (χ1) is 13.1. The molecule has 6 heteroatoms. The number of hydrogen-bond acceptors (Lipinski definition) is 5. The molecule has 0 aliphatic carbocycles. The predicted octanol–water partition coefficient (Wildman–Crippen LogP) is 4.96. The van der Waals surface area contributed by atoms with E-state index in [2.05, 4.69) is 37.1 Å². The van der Waals surface area contributed by atoms with Gasteiger partial charge in [-0.05, 0) is 49.7 Å². The first kappa shape index (κ1) is 17.7. The largest absolute Gasteiger partial charge is 0.467 e. The second kappa shape index (κ2) is 7.48. The molecule has 27 heavy (non-hydrogen) atoms. The molecule has 0 saturated heterocycles. The number of amides is 1. The molecule has 5 nitrogen and oxygen atoms in total. The molecule has 0 bridgehead atoms. The Balaban J connectivity index is 1.54. The summed E-state index contributed by atoms with van der Waals surface area (Å²) < 4.78 is 11.0. The van der Waals surface area contributed by atoms with Crippen LogP contribution in [0.25, 0.3) is 0 Å². The summed E-state index contributed by atoms with van der Waals surface area (Å²) in [4.78, 5) is 14.1. The number of benzene rings is 1. The topological polar surface area (TPSA) is 59.0 Å². The van der Waals surface area contributed by atoms with E-state index in [4.69, 9.17) is 8.83 Å². The Morgan fingerprint density at radius 1 is 1.19 bits per heavy atom. The van der Waals surface area contributed by atoms with Gasteiger partial charge in [0.2, 0.25) is 0 Å². The molecule has 0 spiro atoms. The molecule has 0 fully saturated rings. The SMILES string of the molecule is Cc1ccc(C)c(SCC(=O)N2N=C(c3ccco3)CC2c2ccco2)c1. The fraction of sp³-hybridized carbons (Fsp3) is 0.238. The first-order valence-corrected chi connectivity index (χ1v) is 9.77. The van der Waals surface area contributed by atoms with Gasteiger partial charge >= 0.3 is 0 Å². The quantitative estimate of drug-likeness (QED) is 0.587. The van der Waals surface area contributed by atoms with Gasteiger partial charge in [-0.3, -0.25) is 4.79 Å². The Morgan fingerprint density at radius 2 is 2.00 bits per heavy atom. The molecule has 3 aromatic rings. The van der Waals surface area contributed by atoms with Crippen molar-refractivity contribution in [2.75, 3.05) is 5.75 Å². The normalized spacial score (nSPS) is 16.6. The van der Waals surface area contributed by atoms with E-state index in [-0.39, 0.29) is 11.9 Å². The van der Waals surface area contributed by atoms with Gasteiger partial charge in [-0.25, -0.2) is 5.01 Å². The number of hydrogen-bond donors (Lipinski definition) is 0. The molecule has 4 rings (SSSR count). The van der Waals surface area contributed by atoms with Crippen molar-refractivity contribution in [2.24, 2.45) is 5.10 Å². The van der Waals surface area contributed by atoms with Gasteiger partial charge in [0.1, 0.15) is 23.3 Å². The van der Waals surface area contributed by atoms with Crippen molar-refractivity contribution in [2.45, 2.75) is 31.2 Å². The summed E-state index contributed by atoms with van der Waals surface area (Å²) in [6.07, 6.45) is 3.80. The van der Waals surface area contributed by atoms with E-state index in [1.165, 1.54) is 27.9 Å². The van der Waals surface area contributed by atoms with Crippen molar-refractivity contribution in [1.82, 2.24) is 5.01 Å². The fourth-order valence-corrected chi connectivity index (χ4v) is 4.08. The minimum atomic E-state index is -0.244. The molecule has 0 radical (unpaired) electrons. The van der Waals surface area contributed by atoms with E-state index < -0.39 is 0 Å². The lowest BCUT2D eigenvalue weighted by Crippen LogP contribution is -2.28. The van der Waals surface area contributed by atoms with E-state index >= 15 is 0 Å². The monoisotopic (exact) mass is 380 g/mol. The van der Waals surface area contributed by atoms with Crippen LogP contribution in [0.5, 0.6) is 0 Å². The summed E-state index contributed by atoms with van der Waals surface area (Å²) in [7, 11) is 0. The molecule has 1 aromatic carbocycles. The first-order valence-electron chi connectivity index (χ1n) is 8.78. The Kier molecular flexibility index (Phi) is 4.90. The summed E-state index contributed by atoms with van der Waals surface area (Å²) in [5.74, 6) is 1.68. The van der Waals surface area contributed by atoms with Crippen LogP contribution in [0.4, 0.5) is 0 Å². The molecule has 3 heterocycles. The van der Waals surface area contributed by atoms with Crippen molar-refractivity contribution in [3.63, 3.8) is 0 Å². The van der Waals surface area contributed by atoms with Gasteiger partial charge in [-0.15, -0.1) is 11.8 Å². The molecule has 1 atom stereocenters. The highest BCUT2D eigenvalue weighted by Gasteiger charge is 2.35. The summed E-state index contributed by atoms with van der Waals surface area (Å²) >= 11 is 1.54. The summed E-state index contributed by atoms with van der Waals surface area (Å²) in [5, 5.41) is 6.09. The van der Waals surface area contributed by atoms with Crippen LogP contribution >= 0.6 is 11.8 Å². The predicted molar refractivity (Wildman–Crippen MR) is 105 cm³/mol. The van der Waals surface area contributed by atoms with Crippen LogP contribution in [0.3, 0.4) is 0 Å². The summed E-state index contributed by atoms with van der Waals surface area (Å²) in [6.45, 7) is 4.11. The second-order valence-electron chi connectivity index (χ2n) is 6.56. The van der Waals surface area contributed by atoms with Crippen molar-refractivity contribution in [1.29, 1.82) is 0 Å².